The first-order chi connectivity index (χ1) is 11.2. The number of halogens is 1. The van der Waals surface area contributed by atoms with Crippen molar-refractivity contribution in [3.8, 4) is 0 Å². The van der Waals surface area contributed by atoms with E-state index in [-0.39, 0.29) is 0 Å². The first-order valence-electron chi connectivity index (χ1n) is 9.03. The summed E-state index contributed by atoms with van der Waals surface area (Å²) in [6, 6.07) is 6.74. The van der Waals surface area contributed by atoms with Crippen molar-refractivity contribution in [3.05, 3.63) is 58.7 Å². The third kappa shape index (κ3) is 4.69. The fraction of sp³-hybridized carbons (Fsp3) is 0.478. The van der Waals surface area contributed by atoms with Gasteiger partial charge in [0.05, 0.1) is 0 Å². The lowest BCUT2D eigenvalue weighted by Gasteiger charge is -2.19. The van der Waals surface area contributed by atoms with Crippen LogP contribution >= 0.6 is 0 Å². The molecule has 0 nitrogen and oxygen atoms in total. The summed E-state index contributed by atoms with van der Waals surface area (Å²) in [5.74, 6) is 0.814. The van der Waals surface area contributed by atoms with E-state index in [0.717, 1.165) is 11.5 Å². The molecule has 1 aromatic carbocycles. The summed E-state index contributed by atoms with van der Waals surface area (Å²) in [5.41, 5.74) is 6.02. The minimum Gasteiger partial charge on any atom is -0.240 e. The molecule has 130 valence electrons. The predicted molar refractivity (Wildman–Crippen MR) is 105 cm³/mol. The number of aryl methyl sites for hydroxylation is 1. The van der Waals surface area contributed by atoms with Gasteiger partial charge < -0.3 is 0 Å². The monoisotopic (exact) mass is 326 g/mol. The molecule has 0 aromatic heterocycles. The molecule has 2 rings (SSSR count). The van der Waals surface area contributed by atoms with Gasteiger partial charge in [0.25, 0.3) is 0 Å². The Morgan fingerprint density at radius 1 is 1.21 bits per heavy atom. The second kappa shape index (κ2) is 7.51. The molecule has 24 heavy (non-hydrogen) atoms. The van der Waals surface area contributed by atoms with Crippen LogP contribution in [0, 0.1) is 12.8 Å². The van der Waals surface area contributed by atoms with E-state index >= 15 is 0 Å². The third-order valence-corrected chi connectivity index (χ3v) is 5.22. The minimum absolute atomic E-state index is 0.748. The van der Waals surface area contributed by atoms with E-state index in [9.17, 15) is 4.39 Å². The highest BCUT2D eigenvalue weighted by Crippen LogP contribution is 2.32. The van der Waals surface area contributed by atoms with Crippen molar-refractivity contribution in [1.82, 2.24) is 0 Å². The van der Waals surface area contributed by atoms with Gasteiger partial charge in [-0.05, 0) is 93.2 Å². The fourth-order valence-corrected chi connectivity index (χ4v) is 3.07. The van der Waals surface area contributed by atoms with Crippen molar-refractivity contribution in [2.45, 2.75) is 66.5 Å². The molecule has 0 saturated carbocycles. The largest absolute Gasteiger partial charge is 0.240 e. The fourth-order valence-electron chi connectivity index (χ4n) is 3.07. The first-order valence-corrected chi connectivity index (χ1v) is 9.03. The van der Waals surface area contributed by atoms with E-state index in [1.54, 1.807) is 13.8 Å². The Morgan fingerprint density at radius 3 is 2.46 bits per heavy atom. The summed E-state index contributed by atoms with van der Waals surface area (Å²) < 4.78 is 13.9. The Morgan fingerprint density at radius 2 is 1.92 bits per heavy atom. The van der Waals surface area contributed by atoms with Crippen LogP contribution in [-0.4, -0.2) is 5.67 Å². The molecule has 0 N–H and O–H groups in total. The highest BCUT2D eigenvalue weighted by atomic mass is 19.1. The van der Waals surface area contributed by atoms with Crippen molar-refractivity contribution in [2.24, 2.45) is 5.92 Å². The molecular formula is C23H31F. The van der Waals surface area contributed by atoms with Gasteiger partial charge in [-0.25, -0.2) is 4.39 Å². The van der Waals surface area contributed by atoms with Crippen LogP contribution in [0.3, 0.4) is 0 Å². The molecule has 0 fully saturated rings. The molecule has 1 aromatic rings. The SMILES string of the molecule is C/C(=C\C=C(/C)C(C)(C)F)c1ccc(C2=CCC(C)CC2)cc1C. The highest BCUT2D eigenvalue weighted by molar-refractivity contribution is 5.73. The van der Waals surface area contributed by atoms with Crippen LogP contribution in [0.5, 0.6) is 0 Å². The molecule has 1 unspecified atom stereocenters. The molecule has 1 aliphatic carbocycles. The highest BCUT2D eigenvalue weighted by Gasteiger charge is 2.17. The van der Waals surface area contributed by atoms with Gasteiger partial charge in [0.15, 0.2) is 0 Å². The summed E-state index contributed by atoms with van der Waals surface area (Å²) >= 11 is 0. The normalized spacial score (nSPS) is 20.1. The summed E-state index contributed by atoms with van der Waals surface area (Å²) in [6.45, 7) is 11.6. The molecule has 0 radical (unpaired) electrons. The Hall–Kier alpha value is -1.63. The molecule has 0 heterocycles. The van der Waals surface area contributed by atoms with Crippen LogP contribution in [0.25, 0.3) is 11.1 Å². The molecule has 1 heteroatoms. The van der Waals surface area contributed by atoms with Crippen molar-refractivity contribution in [2.75, 3.05) is 0 Å². The van der Waals surface area contributed by atoms with Gasteiger partial charge >= 0.3 is 0 Å². The minimum atomic E-state index is -1.26. The standard InChI is InChI=1S/C23H31F/c1-16-7-11-20(12-8-16)21-13-14-22(18(3)15-21)17(2)9-10-19(4)23(5,6)24/h9-11,13-16H,7-8,12H2,1-6H3/b17-9+,19-10+. The maximum atomic E-state index is 13.9. The smallest absolute Gasteiger partial charge is 0.126 e. The zero-order chi connectivity index (χ0) is 17.9. The molecule has 0 saturated heterocycles. The first kappa shape index (κ1) is 18.7. The Kier molecular flexibility index (Phi) is 5.85. The molecule has 0 bridgehead atoms. The van der Waals surface area contributed by atoms with Crippen molar-refractivity contribution >= 4 is 11.1 Å². The summed E-state index contributed by atoms with van der Waals surface area (Å²) in [7, 11) is 0. The number of hydrogen-bond donors (Lipinski definition) is 0. The van der Waals surface area contributed by atoms with Gasteiger partial charge in [0.1, 0.15) is 5.67 Å². The van der Waals surface area contributed by atoms with E-state index in [0.29, 0.717) is 0 Å². The van der Waals surface area contributed by atoms with Gasteiger partial charge in [-0.1, -0.05) is 43.4 Å². The lowest BCUT2D eigenvalue weighted by Crippen LogP contribution is -2.12. The number of hydrogen-bond acceptors (Lipinski definition) is 0. The maximum absolute atomic E-state index is 13.9. The van der Waals surface area contributed by atoms with Crippen LogP contribution in [0.1, 0.15) is 70.6 Å². The van der Waals surface area contributed by atoms with Gasteiger partial charge in [0, 0.05) is 0 Å². The quantitative estimate of drug-likeness (QED) is 0.509. The molecule has 0 spiro atoms. The number of benzene rings is 1. The van der Waals surface area contributed by atoms with E-state index in [1.165, 1.54) is 47.1 Å². The zero-order valence-electron chi connectivity index (χ0n) is 16.0. The van der Waals surface area contributed by atoms with Gasteiger partial charge in [-0.3, -0.25) is 0 Å². The lowest BCUT2D eigenvalue weighted by molar-refractivity contribution is 0.268. The average Bonchev–Trinajstić information content (AvgIpc) is 2.52. The van der Waals surface area contributed by atoms with Gasteiger partial charge in [-0.2, -0.15) is 0 Å². The molecule has 1 atom stereocenters. The van der Waals surface area contributed by atoms with Crippen molar-refractivity contribution < 1.29 is 4.39 Å². The molecule has 1 aliphatic rings. The lowest BCUT2D eigenvalue weighted by atomic mass is 9.86. The second-order valence-corrected chi connectivity index (χ2v) is 7.81. The van der Waals surface area contributed by atoms with E-state index in [1.807, 2.05) is 19.1 Å². The van der Waals surface area contributed by atoms with E-state index < -0.39 is 5.67 Å². The summed E-state index contributed by atoms with van der Waals surface area (Å²) in [5, 5.41) is 0. The van der Waals surface area contributed by atoms with Crippen molar-refractivity contribution in [1.29, 1.82) is 0 Å². The van der Waals surface area contributed by atoms with E-state index in [4.69, 9.17) is 0 Å². The summed E-state index contributed by atoms with van der Waals surface area (Å²) in [4.78, 5) is 0. The van der Waals surface area contributed by atoms with E-state index in [2.05, 4.69) is 45.0 Å². The zero-order valence-corrected chi connectivity index (χ0v) is 16.0. The van der Waals surface area contributed by atoms with Crippen LogP contribution in [-0.2, 0) is 0 Å². The number of rotatable bonds is 4. The number of allylic oxidation sites excluding steroid dienone is 6. The van der Waals surface area contributed by atoms with Crippen LogP contribution in [0.4, 0.5) is 4.39 Å². The summed E-state index contributed by atoms with van der Waals surface area (Å²) in [6.07, 6.45) is 9.99. The van der Waals surface area contributed by atoms with Crippen LogP contribution < -0.4 is 0 Å². The second-order valence-electron chi connectivity index (χ2n) is 7.81. The Balaban J connectivity index is 2.24. The predicted octanol–water partition coefficient (Wildman–Crippen LogP) is 7.30. The molecule has 0 aliphatic heterocycles. The maximum Gasteiger partial charge on any atom is 0.126 e. The topological polar surface area (TPSA) is 0 Å². The average molecular weight is 326 g/mol. The third-order valence-electron chi connectivity index (χ3n) is 5.22. The number of alkyl halides is 1. The van der Waals surface area contributed by atoms with Gasteiger partial charge in [0.2, 0.25) is 0 Å². The van der Waals surface area contributed by atoms with Crippen LogP contribution in [0.2, 0.25) is 0 Å². The van der Waals surface area contributed by atoms with Gasteiger partial charge in [-0.15, -0.1) is 0 Å². The Bertz CT molecular complexity index is 680. The Labute approximate surface area is 147 Å². The molecular weight excluding hydrogens is 295 g/mol. The van der Waals surface area contributed by atoms with Crippen molar-refractivity contribution in [3.63, 3.8) is 0 Å². The van der Waals surface area contributed by atoms with Crippen LogP contribution in [0.15, 0.2) is 42.0 Å². The molecule has 0 amide bonds.